The lowest BCUT2D eigenvalue weighted by atomic mass is 10.2. The number of imidazole rings is 1. The maximum absolute atomic E-state index is 13.3. The van der Waals surface area contributed by atoms with Gasteiger partial charge in [0.2, 0.25) is 5.91 Å². The average molecular weight is 402 g/mol. The molecule has 0 aliphatic rings. The first-order valence-corrected chi connectivity index (χ1v) is 8.47. The molecule has 3 aromatic heterocycles. The molecule has 0 aromatic carbocycles. The predicted molar refractivity (Wildman–Crippen MR) is 92.1 cm³/mol. The van der Waals surface area contributed by atoms with E-state index in [4.69, 9.17) is 0 Å². The van der Waals surface area contributed by atoms with Crippen molar-refractivity contribution in [1.82, 2.24) is 19.0 Å². The van der Waals surface area contributed by atoms with Crippen LogP contribution in [0.25, 0.3) is 21.6 Å². The summed E-state index contributed by atoms with van der Waals surface area (Å²) < 4.78 is 53.6. The zero-order valence-electron chi connectivity index (χ0n) is 14.2. The molecule has 6 nitrogen and oxygen atoms in total. The third-order valence-corrected chi connectivity index (χ3v) is 5.12. The van der Waals surface area contributed by atoms with Gasteiger partial charge in [0, 0.05) is 30.7 Å². The summed E-state index contributed by atoms with van der Waals surface area (Å²) in [5.41, 5.74) is -0.225. The van der Waals surface area contributed by atoms with Gasteiger partial charge in [-0.15, -0.1) is 11.3 Å². The summed E-state index contributed by atoms with van der Waals surface area (Å²) in [7, 11) is 3.02. The van der Waals surface area contributed by atoms with Crippen LogP contribution in [-0.4, -0.2) is 39.0 Å². The first-order chi connectivity index (χ1) is 12.6. The predicted octanol–water partition coefficient (Wildman–Crippen LogP) is 2.96. The minimum Gasteiger partial charge on any atom is -0.347 e. The fourth-order valence-electron chi connectivity index (χ4n) is 2.51. The molecule has 0 saturated carbocycles. The Labute approximate surface area is 154 Å². The van der Waals surface area contributed by atoms with Crippen LogP contribution in [0.2, 0.25) is 0 Å². The quantitative estimate of drug-likeness (QED) is 0.631. The number of hydrogen-bond donors (Lipinski definition) is 0. The second-order valence-corrected chi connectivity index (χ2v) is 7.02. The Kier molecular flexibility index (Phi) is 4.81. The summed E-state index contributed by atoms with van der Waals surface area (Å²) in [5, 5.41) is 0. The number of likely N-dealkylation sites (N-methyl/N-ethyl adjacent to an activating group) is 1. The molecular formula is C16H14F4N4O2S. The fraction of sp³-hybridized carbons (Fsp3) is 0.312. The number of carbonyl (C=O) groups is 1. The van der Waals surface area contributed by atoms with E-state index in [0.717, 1.165) is 15.2 Å². The number of amides is 1. The van der Waals surface area contributed by atoms with Crippen LogP contribution in [0.4, 0.5) is 17.6 Å². The van der Waals surface area contributed by atoms with Gasteiger partial charge >= 0.3 is 11.9 Å². The first-order valence-electron chi connectivity index (χ1n) is 7.66. The van der Waals surface area contributed by atoms with E-state index < -0.39 is 29.4 Å². The number of alkyl halides is 4. The SMILES string of the molecule is CN(C)C(=O)Cn1c(=O)n(CF)c2ncc(-c3ccc(C(F)(F)F)s3)cc21. The number of aromatic nitrogens is 3. The van der Waals surface area contributed by atoms with Crippen LogP contribution >= 0.6 is 11.3 Å². The van der Waals surface area contributed by atoms with Crippen LogP contribution in [0.15, 0.2) is 29.2 Å². The lowest BCUT2D eigenvalue weighted by Gasteiger charge is -2.10. The van der Waals surface area contributed by atoms with Gasteiger partial charge in [0.15, 0.2) is 12.4 Å². The number of thiophene rings is 1. The zero-order valence-corrected chi connectivity index (χ0v) is 15.1. The van der Waals surface area contributed by atoms with E-state index in [1.54, 1.807) is 0 Å². The average Bonchev–Trinajstić information content (AvgIpc) is 3.18. The lowest BCUT2D eigenvalue weighted by Crippen LogP contribution is -2.32. The standard InChI is InChI=1S/C16H14F4N4O2S/c1-22(2)13(25)7-23-10-5-9(6-21-14(10)24(8-17)15(23)26)11-3-4-12(27-11)16(18,19)20/h3-6H,7-8H2,1-2H3. The van der Waals surface area contributed by atoms with Gasteiger partial charge < -0.3 is 4.90 Å². The highest BCUT2D eigenvalue weighted by molar-refractivity contribution is 7.15. The van der Waals surface area contributed by atoms with Crippen LogP contribution in [0.5, 0.6) is 0 Å². The Hall–Kier alpha value is -2.69. The van der Waals surface area contributed by atoms with Crippen molar-refractivity contribution in [2.45, 2.75) is 19.5 Å². The third kappa shape index (κ3) is 3.46. The molecule has 0 unspecified atom stereocenters. The second-order valence-electron chi connectivity index (χ2n) is 5.93. The molecule has 0 radical (unpaired) electrons. The van der Waals surface area contributed by atoms with Gasteiger partial charge in [0.1, 0.15) is 11.4 Å². The van der Waals surface area contributed by atoms with E-state index in [2.05, 4.69) is 4.98 Å². The van der Waals surface area contributed by atoms with Crippen molar-refractivity contribution in [3.8, 4) is 10.4 Å². The summed E-state index contributed by atoms with van der Waals surface area (Å²) in [4.78, 5) is 29.2. The number of fused-ring (bicyclic) bond motifs is 1. The van der Waals surface area contributed by atoms with E-state index in [1.807, 2.05) is 0 Å². The number of rotatable bonds is 4. The van der Waals surface area contributed by atoms with Crippen molar-refractivity contribution in [1.29, 1.82) is 0 Å². The van der Waals surface area contributed by atoms with E-state index in [1.165, 1.54) is 37.3 Å². The van der Waals surface area contributed by atoms with E-state index in [0.29, 0.717) is 21.8 Å². The van der Waals surface area contributed by atoms with Crippen LogP contribution in [0.3, 0.4) is 0 Å². The Balaban J connectivity index is 2.14. The highest BCUT2D eigenvalue weighted by Gasteiger charge is 2.32. The molecule has 0 N–H and O–H groups in total. The summed E-state index contributed by atoms with van der Waals surface area (Å²) in [6, 6.07) is 3.69. The van der Waals surface area contributed by atoms with Crippen molar-refractivity contribution in [2.24, 2.45) is 0 Å². The molecule has 0 aliphatic heterocycles. The smallest absolute Gasteiger partial charge is 0.347 e. The molecule has 11 heteroatoms. The van der Waals surface area contributed by atoms with Crippen molar-refractivity contribution in [3.05, 3.63) is 39.8 Å². The largest absolute Gasteiger partial charge is 0.425 e. The van der Waals surface area contributed by atoms with Gasteiger partial charge in [-0.1, -0.05) is 0 Å². The molecule has 0 fully saturated rings. The van der Waals surface area contributed by atoms with Gasteiger partial charge in [-0.2, -0.15) is 13.2 Å². The molecule has 3 aromatic rings. The molecule has 144 valence electrons. The Morgan fingerprint density at radius 3 is 2.52 bits per heavy atom. The topological polar surface area (TPSA) is 60.1 Å². The van der Waals surface area contributed by atoms with Gasteiger partial charge in [0.05, 0.1) is 5.52 Å². The zero-order chi connectivity index (χ0) is 19.9. The Bertz CT molecular complexity index is 1060. The van der Waals surface area contributed by atoms with Crippen molar-refractivity contribution in [2.75, 3.05) is 14.1 Å². The first kappa shape index (κ1) is 19.1. The highest BCUT2D eigenvalue weighted by Crippen LogP contribution is 2.38. The summed E-state index contributed by atoms with van der Waals surface area (Å²) in [5.74, 6) is -0.393. The molecule has 0 saturated heterocycles. The lowest BCUT2D eigenvalue weighted by molar-refractivity contribution is -0.134. The van der Waals surface area contributed by atoms with Gasteiger partial charge in [-0.3, -0.25) is 9.36 Å². The number of hydrogen-bond acceptors (Lipinski definition) is 4. The van der Waals surface area contributed by atoms with Crippen LogP contribution in [-0.2, 0) is 24.3 Å². The van der Waals surface area contributed by atoms with E-state index in [9.17, 15) is 27.2 Å². The molecule has 3 heterocycles. The maximum Gasteiger partial charge on any atom is 0.425 e. The number of carbonyl (C=O) groups excluding carboxylic acids is 1. The normalized spacial score (nSPS) is 11.9. The Morgan fingerprint density at radius 2 is 1.96 bits per heavy atom. The van der Waals surface area contributed by atoms with E-state index in [-0.39, 0.29) is 17.7 Å². The van der Waals surface area contributed by atoms with Crippen molar-refractivity contribution >= 4 is 28.4 Å². The molecule has 27 heavy (non-hydrogen) atoms. The summed E-state index contributed by atoms with van der Waals surface area (Å²) in [6.45, 7) is -1.47. The van der Waals surface area contributed by atoms with Gasteiger partial charge in [-0.25, -0.2) is 18.7 Å². The van der Waals surface area contributed by atoms with Crippen molar-refractivity contribution in [3.63, 3.8) is 0 Å². The second kappa shape index (κ2) is 6.80. The third-order valence-electron chi connectivity index (χ3n) is 3.94. The number of halogens is 4. The summed E-state index contributed by atoms with van der Waals surface area (Å²) in [6.07, 6.45) is -3.18. The van der Waals surface area contributed by atoms with Crippen LogP contribution < -0.4 is 5.69 Å². The molecule has 3 rings (SSSR count). The highest BCUT2D eigenvalue weighted by atomic mass is 32.1. The molecular weight excluding hydrogens is 388 g/mol. The molecule has 0 bridgehead atoms. The van der Waals surface area contributed by atoms with Gasteiger partial charge in [-0.05, 0) is 18.2 Å². The van der Waals surface area contributed by atoms with Gasteiger partial charge in [0.25, 0.3) is 0 Å². The Morgan fingerprint density at radius 1 is 1.26 bits per heavy atom. The number of nitrogens with zero attached hydrogens (tertiary/aromatic N) is 4. The number of pyridine rings is 1. The monoisotopic (exact) mass is 402 g/mol. The van der Waals surface area contributed by atoms with Crippen LogP contribution in [0.1, 0.15) is 4.88 Å². The minimum atomic E-state index is -4.46. The molecule has 0 spiro atoms. The van der Waals surface area contributed by atoms with E-state index >= 15 is 0 Å². The maximum atomic E-state index is 13.3. The van der Waals surface area contributed by atoms with Crippen molar-refractivity contribution < 1.29 is 22.4 Å². The fourth-order valence-corrected chi connectivity index (χ4v) is 3.36. The molecule has 0 atom stereocenters. The summed E-state index contributed by atoms with van der Waals surface area (Å²) >= 11 is 0.534. The molecule has 0 aliphatic carbocycles. The molecule has 1 amide bonds. The van der Waals surface area contributed by atoms with Crippen LogP contribution in [0, 0.1) is 0 Å². The minimum absolute atomic E-state index is 0.0189.